The Labute approximate surface area is 142 Å². The summed E-state index contributed by atoms with van der Waals surface area (Å²) < 4.78 is 0. The topological polar surface area (TPSA) is 62.3 Å². The standard InChI is InChI=1S/C19H23N3O2/c1-14-7-8-18(15(2)12-14)22(16(3)23)11-9-19(24)21-13-17-6-4-5-10-20-17/h4-8,10,12H,9,11,13H2,1-3H3,(H,21,24). The number of hydrogen-bond donors (Lipinski definition) is 1. The van der Waals surface area contributed by atoms with Crippen LogP contribution in [-0.4, -0.2) is 23.3 Å². The molecular weight excluding hydrogens is 302 g/mol. The van der Waals surface area contributed by atoms with Crippen molar-refractivity contribution in [2.24, 2.45) is 0 Å². The monoisotopic (exact) mass is 325 g/mol. The SMILES string of the molecule is CC(=O)N(CCC(=O)NCc1ccccn1)c1ccc(C)cc1C. The van der Waals surface area contributed by atoms with Crippen LogP contribution in [0.1, 0.15) is 30.2 Å². The average Bonchev–Trinajstić information content (AvgIpc) is 2.55. The van der Waals surface area contributed by atoms with E-state index in [9.17, 15) is 9.59 Å². The van der Waals surface area contributed by atoms with Crippen molar-refractivity contribution in [3.8, 4) is 0 Å². The fourth-order valence-electron chi connectivity index (χ4n) is 2.55. The number of benzene rings is 1. The molecule has 0 bridgehead atoms. The molecule has 0 saturated carbocycles. The highest BCUT2D eigenvalue weighted by molar-refractivity contribution is 5.93. The molecular formula is C19H23N3O2. The first-order valence-corrected chi connectivity index (χ1v) is 7.99. The van der Waals surface area contributed by atoms with Crippen molar-refractivity contribution in [3.63, 3.8) is 0 Å². The van der Waals surface area contributed by atoms with Crippen LogP contribution in [0.4, 0.5) is 5.69 Å². The number of pyridine rings is 1. The van der Waals surface area contributed by atoms with Gasteiger partial charge in [0.15, 0.2) is 0 Å². The number of nitrogens with zero attached hydrogens (tertiary/aromatic N) is 2. The first kappa shape index (κ1) is 17.7. The van der Waals surface area contributed by atoms with Gasteiger partial charge in [0, 0.05) is 31.8 Å². The molecule has 1 aromatic heterocycles. The van der Waals surface area contributed by atoms with Crippen molar-refractivity contribution in [2.75, 3.05) is 11.4 Å². The highest BCUT2D eigenvalue weighted by Gasteiger charge is 2.15. The molecule has 0 saturated heterocycles. The minimum atomic E-state index is -0.100. The largest absolute Gasteiger partial charge is 0.350 e. The van der Waals surface area contributed by atoms with Crippen LogP contribution in [0, 0.1) is 13.8 Å². The van der Waals surface area contributed by atoms with Crippen LogP contribution < -0.4 is 10.2 Å². The lowest BCUT2D eigenvalue weighted by Gasteiger charge is -2.23. The maximum absolute atomic E-state index is 12.0. The van der Waals surface area contributed by atoms with E-state index in [0.29, 0.717) is 13.1 Å². The molecule has 0 spiro atoms. The highest BCUT2D eigenvalue weighted by Crippen LogP contribution is 2.21. The van der Waals surface area contributed by atoms with Crippen LogP contribution in [0.25, 0.3) is 0 Å². The molecule has 0 aliphatic heterocycles. The Kier molecular flexibility index (Phi) is 6.07. The maximum atomic E-state index is 12.0. The molecule has 0 aliphatic carbocycles. The lowest BCUT2D eigenvalue weighted by atomic mass is 10.1. The number of rotatable bonds is 6. The second-order valence-electron chi connectivity index (χ2n) is 5.81. The second-order valence-corrected chi connectivity index (χ2v) is 5.81. The molecule has 1 heterocycles. The van der Waals surface area contributed by atoms with E-state index < -0.39 is 0 Å². The molecule has 126 valence electrons. The summed E-state index contributed by atoms with van der Waals surface area (Å²) in [6, 6.07) is 11.5. The maximum Gasteiger partial charge on any atom is 0.223 e. The van der Waals surface area contributed by atoms with E-state index >= 15 is 0 Å². The molecule has 2 amide bonds. The third kappa shape index (κ3) is 4.91. The third-order valence-electron chi connectivity index (χ3n) is 3.78. The van der Waals surface area contributed by atoms with E-state index in [2.05, 4.69) is 10.3 Å². The number of carbonyl (C=O) groups excluding carboxylic acids is 2. The molecule has 2 aromatic rings. The smallest absolute Gasteiger partial charge is 0.223 e. The van der Waals surface area contributed by atoms with Crippen molar-refractivity contribution < 1.29 is 9.59 Å². The van der Waals surface area contributed by atoms with Gasteiger partial charge in [0.1, 0.15) is 0 Å². The second kappa shape index (κ2) is 8.24. The summed E-state index contributed by atoms with van der Waals surface area (Å²) >= 11 is 0. The van der Waals surface area contributed by atoms with Gasteiger partial charge < -0.3 is 10.2 Å². The third-order valence-corrected chi connectivity index (χ3v) is 3.78. The quantitative estimate of drug-likeness (QED) is 0.888. The molecule has 5 heteroatoms. The zero-order valence-electron chi connectivity index (χ0n) is 14.4. The number of anilines is 1. The molecule has 0 atom stereocenters. The van der Waals surface area contributed by atoms with E-state index in [-0.39, 0.29) is 18.2 Å². The van der Waals surface area contributed by atoms with Crippen molar-refractivity contribution in [1.82, 2.24) is 10.3 Å². The van der Waals surface area contributed by atoms with E-state index in [1.54, 1.807) is 11.1 Å². The summed E-state index contributed by atoms with van der Waals surface area (Å²) in [6.07, 6.45) is 1.94. The van der Waals surface area contributed by atoms with Gasteiger partial charge >= 0.3 is 0 Å². The minimum Gasteiger partial charge on any atom is -0.350 e. The fraction of sp³-hybridized carbons (Fsp3) is 0.316. The number of amides is 2. The van der Waals surface area contributed by atoms with Gasteiger partial charge in [0.25, 0.3) is 0 Å². The summed E-state index contributed by atoms with van der Waals surface area (Å²) in [4.78, 5) is 29.8. The van der Waals surface area contributed by atoms with Gasteiger partial charge in [-0.15, -0.1) is 0 Å². The first-order chi connectivity index (χ1) is 11.5. The average molecular weight is 325 g/mol. The molecule has 5 nitrogen and oxygen atoms in total. The Balaban J connectivity index is 1.94. The molecule has 24 heavy (non-hydrogen) atoms. The highest BCUT2D eigenvalue weighted by atomic mass is 16.2. The van der Waals surface area contributed by atoms with Gasteiger partial charge in [0.2, 0.25) is 11.8 Å². The van der Waals surface area contributed by atoms with Crippen LogP contribution in [0.15, 0.2) is 42.6 Å². The zero-order valence-corrected chi connectivity index (χ0v) is 14.4. The van der Waals surface area contributed by atoms with Crippen LogP contribution >= 0.6 is 0 Å². The molecule has 1 aromatic carbocycles. The van der Waals surface area contributed by atoms with Crippen LogP contribution in [0.2, 0.25) is 0 Å². The van der Waals surface area contributed by atoms with E-state index in [4.69, 9.17) is 0 Å². The van der Waals surface area contributed by atoms with Crippen LogP contribution in [-0.2, 0) is 16.1 Å². The van der Waals surface area contributed by atoms with E-state index in [1.807, 2.05) is 50.2 Å². The summed E-state index contributed by atoms with van der Waals surface area (Å²) in [7, 11) is 0. The van der Waals surface area contributed by atoms with Gasteiger partial charge in [-0.05, 0) is 37.6 Å². The molecule has 0 aliphatic rings. The van der Waals surface area contributed by atoms with E-state index in [1.165, 1.54) is 6.92 Å². The number of aryl methyl sites for hydroxylation is 2. The van der Waals surface area contributed by atoms with Crippen molar-refractivity contribution in [1.29, 1.82) is 0 Å². The van der Waals surface area contributed by atoms with Gasteiger partial charge in [-0.2, -0.15) is 0 Å². The molecule has 0 radical (unpaired) electrons. The van der Waals surface area contributed by atoms with Crippen LogP contribution in [0.5, 0.6) is 0 Å². The van der Waals surface area contributed by atoms with Crippen LogP contribution in [0.3, 0.4) is 0 Å². The fourth-order valence-corrected chi connectivity index (χ4v) is 2.55. The van der Waals surface area contributed by atoms with Gasteiger partial charge in [-0.25, -0.2) is 0 Å². The Morgan fingerprint density at radius 3 is 2.58 bits per heavy atom. The summed E-state index contributed by atoms with van der Waals surface area (Å²) in [6.45, 7) is 6.25. The summed E-state index contributed by atoms with van der Waals surface area (Å²) in [5.74, 6) is -0.170. The number of hydrogen-bond acceptors (Lipinski definition) is 3. The van der Waals surface area contributed by atoms with E-state index in [0.717, 1.165) is 22.5 Å². The zero-order chi connectivity index (χ0) is 17.5. The Morgan fingerprint density at radius 2 is 1.96 bits per heavy atom. The molecule has 2 rings (SSSR count). The van der Waals surface area contributed by atoms with Gasteiger partial charge in [-0.1, -0.05) is 23.8 Å². The number of nitrogens with one attached hydrogen (secondary N) is 1. The summed E-state index contributed by atoms with van der Waals surface area (Å²) in [5, 5.41) is 2.83. The van der Waals surface area contributed by atoms with Gasteiger partial charge in [0.05, 0.1) is 12.2 Å². The van der Waals surface area contributed by atoms with Gasteiger partial charge in [-0.3, -0.25) is 14.6 Å². The number of aromatic nitrogens is 1. The van der Waals surface area contributed by atoms with Crippen molar-refractivity contribution in [2.45, 2.75) is 33.7 Å². The number of carbonyl (C=O) groups is 2. The predicted octanol–water partition coefficient (Wildman–Crippen LogP) is 2.76. The van der Waals surface area contributed by atoms with Crippen molar-refractivity contribution in [3.05, 3.63) is 59.4 Å². The normalized spacial score (nSPS) is 10.3. The Hall–Kier alpha value is -2.69. The minimum absolute atomic E-state index is 0.0699. The molecule has 1 N–H and O–H groups in total. The lowest BCUT2D eigenvalue weighted by Crippen LogP contribution is -2.34. The Morgan fingerprint density at radius 1 is 1.17 bits per heavy atom. The molecule has 0 unspecified atom stereocenters. The summed E-state index contributed by atoms with van der Waals surface area (Å²) in [5.41, 5.74) is 3.83. The van der Waals surface area contributed by atoms with Crippen molar-refractivity contribution >= 4 is 17.5 Å². The lowest BCUT2D eigenvalue weighted by molar-refractivity contribution is -0.121. The predicted molar refractivity (Wildman–Crippen MR) is 94.6 cm³/mol. The Bertz CT molecular complexity index is 714. The molecule has 0 fully saturated rings. The first-order valence-electron chi connectivity index (χ1n) is 7.99.